The van der Waals surface area contributed by atoms with Gasteiger partial charge in [0.1, 0.15) is 11.6 Å². The second-order valence-electron chi connectivity index (χ2n) is 5.55. The van der Waals surface area contributed by atoms with Crippen LogP contribution in [0.4, 0.5) is 4.39 Å². The van der Waals surface area contributed by atoms with Gasteiger partial charge in [-0.05, 0) is 43.5 Å². The van der Waals surface area contributed by atoms with Gasteiger partial charge in [-0.15, -0.1) is 0 Å². The molecule has 114 valence electrons. The average molecular weight is 281 g/mol. The summed E-state index contributed by atoms with van der Waals surface area (Å²) < 4.78 is 19.0. The Kier molecular flexibility index (Phi) is 8.28. The standard InChI is InChI=1S/C17H28FNO/c1-3-4-5-6-7-8-11-20-17-10-9-16(18)13-15(17)12-14(2)19/h9-10,13-14H,3-8,11-12,19H2,1-2H3. The van der Waals surface area contributed by atoms with Crippen LogP contribution in [0.15, 0.2) is 18.2 Å². The van der Waals surface area contributed by atoms with Crippen molar-refractivity contribution in [3.8, 4) is 5.75 Å². The summed E-state index contributed by atoms with van der Waals surface area (Å²) in [4.78, 5) is 0. The zero-order valence-corrected chi connectivity index (χ0v) is 12.8. The van der Waals surface area contributed by atoms with Gasteiger partial charge in [-0.3, -0.25) is 0 Å². The first-order valence-electron chi connectivity index (χ1n) is 7.80. The van der Waals surface area contributed by atoms with Crippen molar-refractivity contribution in [3.05, 3.63) is 29.6 Å². The maximum Gasteiger partial charge on any atom is 0.123 e. The third-order valence-electron chi connectivity index (χ3n) is 3.32. The van der Waals surface area contributed by atoms with E-state index in [1.165, 1.54) is 44.2 Å². The molecule has 0 bridgehead atoms. The molecule has 0 aromatic heterocycles. The van der Waals surface area contributed by atoms with Gasteiger partial charge in [-0.2, -0.15) is 0 Å². The van der Waals surface area contributed by atoms with Crippen LogP contribution < -0.4 is 10.5 Å². The molecule has 3 heteroatoms. The normalized spacial score (nSPS) is 12.4. The molecule has 0 spiro atoms. The van der Waals surface area contributed by atoms with E-state index in [0.29, 0.717) is 13.0 Å². The predicted octanol–water partition coefficient (Wildman–Crippen LogP) is 4.45. The summed E-state index contributed by atoms with van der Waals surface area (Å²) in [6.07, 6.45) is 8.06. The molecule has 1 aromatic rings. The van der Waals surface area contributed by atoms with Gasteiger partial charge in [0.05, 0.1) is 6.61 Å². The Morgan fingerprint density at radius 1 is 1.15 bits per heavy atom. The first-order valence-corrected chi connectivity index (χ1v) is 7.80. The van der Waals surface area contributed by atoms with Crippen LogP contribution in [-0.2, 0) is 6.42 Å². The first-order chi connectivity index (χ1) is 9.63. The van der Waals surface area contributed by atoms with Crippen molar-refractivity contribution in [2.75, 3.05) is 6.61 Å². The van der Waals surface area contributed by atoms with E-state index in [9.17, 15) is 4.39 Å². The van der Waals surface area contributed by atoms with Gasteiger partial charge in [0, 0.05) is 6.04 Å². The van der Waals surface area contributed by atoms with Gasteiger partial charge in [-0.25, -0.2) is 4.39 Å². The van der Waals surface area contributed by atoms with Crippen molar-refractivity contribution in [2.24, 2.45) is 5.73 Å². The molecule has 0 saturated carbocycles. The van der Waals surface area contributed by atoms with Gasteiger partial charge < -0.3 is 10.5 Å². The highest BCUT2D eigenvalue weighted by atomic mass is 19.1. The van der Waals surface area contributed by atoms with Crippen LogP contribution in [-0.4, -0.2) is 12.6 Å². The maximum absolute atomic E-state index is 13.3. The van der Waals surface area contributed by atoms with E-state index in [0.717, 1.165) is 17.7 Å². The average Bonchev–Trinajstić information content (AvgIpc) is 2.39. The third-order valence-corrected chi connectivity index (χ3v) is 3.32. The van der Waals surface area contributed by atoms with E-state index in [4.69, 9.17) is 10.5 Å². The molecule has 0 radical (unpaired) electrons. The molecule has 0 heterocycles. The zero-order valence-electron chi connectivity index (χ0n) is 12.8. The minimum atomic E-state index is -0.229. The Hall–Kier alpha value is -1.09. The summed E-state index contributed by atoms with van der Waals surface area (Å²) in [7, 11) is 0. The van der Waals surface area contributed by atoms with Crippen LogP contribution >= 0.6 is 0 Å². The van der Waals surface area contributed by atoms with Crippen LogP contribution in [0, 0.1) is 5.82 Å². The van der Waals surface area contributed by atoms with E-state index in [1.54, 1.807) is 6.07 Å². The van der Waals surface area contributed by atoms with Gasteiger partial charge in [0.15, 0.2) is 0 Å². The summed E-state index contributed by atoms with van der Waals surface area (Å²) in [5, 5.41) is 0. The number of rotatable bonds is 10. The van der Waals surface area contributed by atoms with Crippen molar-refractivity contribution >= 4 is 0 Å². The van der Waals surface area contributed by atoms with E-state index in [1.807, 2.05) is 6.92 Å². The second kappa shape index (κ2) is 9.76. The van der Waals surface area contributed by atoms with Crippen LogP contribution in [0.5, 0.6) is 5.75 Å². The lowest BCUT2D eigenvalue weighted by Gasteiger charge is -2.13. The molecule has 2 N–H and O–H groups in total. The van der Waals surface area contributed by atoms with Gasteiger partial charge in [0.2, 0.25) is 0 Å². The number of nitrogens with two attached hydrogens (primary N) is 1. The number of hydrogen-bond acceptors (Lipinski definition) is 2. The second-order valence-corrected chi connectivity index (χ2v) is 5.55. The van der Waals surface area contributed by atoms with Crippen LogP contribution in [0.3, 0.4) is 0 Å². The predicted molar refractivity (Wildman–Crippen MR) is 82.6 cm³/mol. The summed E-state index contributed by atoms with van der Waals surface area (Å²) >= 11 is 0. The van der Waals surface area contributed by atoms with Crippen LogP contribution in [0.1, 0.15) is 57.9 Å². The minimum Gasteiger partial charge on any atom is -0.493 e. The third kappa shape index (κ3) is 6.90. The van der Waals surface area contributed by atoms with Crippen LogP contribution in [0.2, 0.25) is 0 Å². The number of ether oxygens (including phenoxy) is 1. The summed E-state index contributed by atoms with van der Waals surface area (Å²) in [5.74, 6) is 0.546. The number of halogens is 1. The largest absolute Gasteiger partial charge is 0.493 e. The Balaban J connectivity index is 2.35. The molecule has 20 heavy (non-hydrogen) atoms. The Labute approximate surface area is 122 Å². The number of unbranched alkanes of at least 4 members (excludes halogenated alkanes) is 5. The molecule has 1 atom stereocenters. The first kappa shape index (κ1) is 17.0. The molecule has 0 fully saturated rings. The molecule has 2 nitrogen and oxygen atoms in total. The minimum absolute atomic E-state index is 0.00759. The molecule has 0 saturated heterocycles. The lowest BCUT2D eigenvalue weighted by molar-refractivity contribution is 0.300. The highest BCUT2D eigenvalue weighted by molar-refractivity contribution is 5.34. The molecule has 0 aliphatic rings. The van der Waals surface area contributed by atoms with Gasteiger partial charge >= 0.3 is 0 Å². The molecule has 1 unspecified atom stereocenters. The Morgan fingerprint density at radius 2 is 1.85 bits per heavy atom. The molecular formula is C17H28FNO. The lowest BCUT2D eigenvalue weighted by Crippen LogP contribution is -2.18. The van der Waals surface area contributed by atoms with Gasteiger partial charge in [-0.1, -0.05) is 39.0 Å². The van der Waals surface area contributed by atoms with E-state index in [2.05, 4.69) is 6.92 Å². The van der Waals surface area contributed by atoms with Gasteiger partial charge in [0.25, 0.3) is 0 Å². The van der Waals surface area contributed by atoms with Crippen LogP contribution in [0.25, 0.3) is 0 Å². The van der Waals surface area contributed by atoms with E-state index < -0.39 is 0 Å². The summed E-state index contributed by atoms with van der Waals surface area (Å²) in [5.41, 5.74) is 6.65. The van der Waals surface area contributed by atoms with Crippen molar-refractivity contribution in [1.82, 2.24) is 0 Å². The molecular weight excluding hydrogens is 253 g/mol. The summed E-state index contributed by atoms with van der Waals surface area (Å²) in [6, 6.07) is 4.69. The molecule has 0 aliphatic carbocycles. The fraction of sp³-hybridized carbons (Fsp3) is 0.647. The van der Waals surface area contributed by atoms with E-state index >= 15 is 0 Å². The topological polar surface area (TPSA) is 35.2 Å². The fourth-order valence-electron chi connectivity index (χ4n) is 2.26. The lowest BCUT2D eigenvalue weighted by atomic mass is 10.1. The smallest absolute Gasteiger partial charge is 0.123 e. The molecule has 0 amide bonds. The quantitative estimate of drug-likeness (QED) is 0.643. The molecule has 1 aromatic carbocycles. The van der Waals surface area contributed by atoms with Crippen molar-refractivity contribution < 1.29 is 9.13 Å². The highest BCUT2D eigenvalue weighted by Gasteiger charge is 2.07. The summed E-state index contributed by atoms with van der Waals surface area (Å²) in [6.45, 7) is 4.84. The molecule has 0 aliphatic heterocycles. The highest BCUT2D eigenvalue weighted by Crippen LogP contribution is 2.21. The molecule has 1 rings (SSSR count). The Morgan fingerprint density at radius 3 is 2.55 bits per heavy atom. The monoisotopic (exact) mass is 281 g/mol. The van der Waals surface area contributed by atoms with Crippen molar-refractivity contribution in [2.45, 2.75) is 64.8 Å². The Bertz CT molecular complexity index is 379. The fourth-order valence-corrected chi connectivity index (χ4v) is 2.26. The number of hydrogen-bond donors (Lipinski definition) is 1. The van der Waals surface area contributed by atoms with Crippen molar-refractivity contribution in [1.29, 1.82) is 0 Å². The SMILES string of the molecule is CCCCCCCCOc1ccc(F)cc1CC(C)N. The zero-order chi connectivity index (χ0) is 14.8. The maximum atomic E-state index is 13.3. The number of benzene rings is 1. The van der Waals surface area contributed by atoms with Crippen molar-refractivity contribution in [3.63, 3.8) is 0 Å². The van der Waals surface area contributed by atoms with E-state index in [-0.39, 0.29) is 11.9 Å².